The van der Waals surface area contributed by atoms with Crippen LogP contribution in [0.3, 0.4) is 0 Å². The normalized spacial score (nSPS) is 8.29. The van der Waals surface area contributed by atoms with E-state index >= 15 is 0 Å². The third kappa shape index (κ3) is 11.0. The van der Waals surface area contributed by atoms with Gasteiger partial charge in [-0.05, 0) is 0 Å². The summed E-state index contributed by atoms with van der Waals surface area (Å²) >= 11 is 0. The average Bonchev–Trinajstić information content (AvgIpc) is 1.82. The van der Waals surface area contributed by atoms with Crippen molar-refractivity contribution in [3.05, 3.63) is 0 Å². The Hall–Kier alpha value is -1.26. The van der Waals surface area contributed by atoms with Gasteiger partial charge in [0.15, 0.2) is 5.60 Å². The average molecular weight is 305 g/mol. The first kappa shape index (κ1) is 29.6. The molecule has 10 N–H and O–H groups in total. The number of carbonyl (C=O) groups is 3. The number of carboxylic acids is 3. The Kier molecular flexibility index (Phi) is 19.6. The minimum atomic E-state index is -2.74. The summed E-state index contributed by atoms with van der Waals surface area (Å²) in [5.74, 6) is -5.02. The van der Waals surface area contributed by atoms with Crippen molar-refractivity contribution in [2.45, 2.75) is 18.4 Å². The molecule has 0 bridgehead atoms. The minimum Gasteiger partial charge on any atom is -0.481 e. The van der Waals surface area contributed by atoms with Crippen molar-refractivity contribution in [1.29, 1.82) is 0 Å². The molecule has 10 nitrogen and oxygen atoms in total. The number of rotatable bonds is 5. The number of aliphatic carboxylic acids is 3. The molecular weight excluding hydrogens is 291 g/mol. The van der Waals surface area contributed by atoms with E-state index in [1.807, 2.05) is 0 Å². The number of hydrogen-bond acceptors (Lipinski definition) is 4. The molecule has 0 spiro atoms. The van der Waals surface area contributed by atoms with Crippen LogP contribution in [0.1, 0.15) is 12.8 Å². The molecule has 0 unspecified atom stereocenters. The van der Waals surface area contributed by atoms with Crippen molar-refractivity contribution in [3.8, 4) is 0 Å². The van der Waals surface area contributed by atoms with Crippen molar-refractivity contribution < 1.29 is 67.7 Å². The maximum Gasteiger partial charge on any atom is 0.336 e. The van der Waals surface area contributed by atoms with E-state index in [4.69, 9.17) is 20.4 Å². The fourth-order valence-corrected chi connectivity index (χ4v) is 0.714. The van der Waals surface area contributed by atoms with Gasteiger partial charge < -0.3 is 36.9 Å². The van der Waals surface area contributed by atoms with E-state index in [1.165, 1.54) is 0 Å². The van der Waals surface area contributed by atoms with Crippen LogP contribution < -0.4 is 0 Å². The molecule has 0 saturated carbocycles. The first-order valence-electron chi connectivity index (χ1n) is 3.17. The molecule has 0 radical (unpaired) electrons. The Morgan fingerprint density at radius 1 is 0.824 bits per heavy atom. The minimum absolute atomic E-state index is 0. The van der Waals surface area contributed by atoms with E-state index in [0.29, 0.717) is 0 Å². The summed E-state index contributed by atoms with van der Waals surface area (Å²) in [7, 11) is 0. The van der Waals surface area contributed by atoms with Crippen molar-refractivity contribution >= 4 is 17.9 Å². The van der Waals surface area contributed by atoms with Crippen LogP contribution in [0.15, 0.2) is 0 Å². The van der Waals surface area contributed by atoms with Gasteiger partial charge in [0.1, 0.15) is 0 Å². The second kappa shape index (κ2) is 11.2. The predicted molar refractivity (Wildman–Crippen MR) is 47.9 cm³/mol. The molecule has 0 heterocycles. The summed E-state index contributed by atoms with van der Waals surface area (Å²) in [6.07, 6.45) is -2.29. The molecule has 11 heteroatoms. The zero-order valence-electron chi connectivity index (χ0n) is 8.24. The van der Waals surface area contributed by atoms with E-state index in [0.717, 1.165) is 0 Å². The van der Waals surface area contributed by atoms with Gasteiger partial charge in [-0.15, -0.1) is 0 Å². The molecule has 0 amide bonds. The fourth-order valence-electron chi connectivity index (χ4n) is 0.714. The van der Waals surface area contributed by atoms with Gasteiger partial charge in [-0.3, -0.25) is 9.59 Å². The largest absolute Gasteiger partial charge is 0.481 e. The third-order valence-electron chi connectivity index (χ3n) is 1.29. The topological polar surface area (TPSA) is 227 Å². The van der Waals surface area contributed by atoms with Gasteiger partial charge in [0.05, 0.1) is 12.8 Å². The molecule has 0 aromatic rings. The maximum atomic E-state index is 10.3. The molecule has 0 aromatic carbocycles. The standard InChI is InChI=1S/C6H8O7.Ni.3H2O/c7-3(8)1-6(13,5(11)12)2-4(9)10;;;;/h13H,1-2H2,(H,7,8)(H,9,10)(H,11,12);;3*1H2. The van der Waals surface area contributed by atoms with Gasteiger partial charge in [0.2, 0.25) is 0 Å². The van der Waals surface area contributed by atoms with E-state index < -0.39 is 36.4 Å². The van der Waals surface area contributed by atoms with Crippen molar-refractivity contribution in [3.63, 3.8) is 0 Å². The second-order valence-electron chi connectivity index (χ2n) is 2.48. The van der Waals surface area contributed by atoms with Gasteiger partial charge in [0, 0.05) is 16.5 Å². The second-order valence-corrected chi connectivity index (χ2v) is 2.48. The van der Waals surface area contributed by atoms with E-state index in [1.54, 1.807) is 0 Å². The maximum absolute atomic E-state index is 10.3. The molecule has 0 atom stereocenters. The molecule has 0 aliphatic rings. The van der Waals surface area contributed by atoms with Gasteiger partial charge in [-0.25, -0.2) is 4.79 Å². The third-order valence-corrected chi connectivity index (χ3v) is 1.29. The molecule has 0 saturated heterocycles. The Balaban J connectivity index is -0.000000120. The molecule has 17 heavy (non-hydrogen) atoms. The molecule has 0 aliphatic carbocycles. The number of carboxylic acid groups (broad SMARTS) is 3. The summed E-state index contributed by atoms with van der Waals surface area (Å²) in [5.41, 5.74) is -2.74. The number of aliphatic hydroxyl groups is 1. The molecule has 0 aliphatic heterocycles. The van der Waals surface area contributed by atoms with Crippen molar-refractivity contribution in [2.24, 2.45) is 0 Å². The van der Waals surface area contributed by atoms with Crippen LogP contribution in [0.25, 0.3) is 0 Å². The summed E-state index contributed by atoms with van der Waals surface area (Å²) in [6, 6.07) is 0. The smallest absolute Gasteiger partial charge is 0.336 e. The van der Waals surface area contributed by atoms with Crippen LogP contribution in [0.4, 0.5) is 0 Å². The van der Waals surface area contributed by atoms with Crippen LogP contribution >= 0.6 is 0 Å². The zero-order valence-corrected chi connectivity index (χ0v) is 9.23. The van der Waals surface area contributed by atoms with Crippen molar-refractivity contribution in [2.75, 3.05) is 0 Å². The Bertz CT molecular complexity index is 235. The SMILES string of the molecule is O.O.O.O=C(O)CC(O)(CC(=O)O)C(=O)O.[Ni]. The van der Waals surface area contributed by atoms with Crippen LogP contribution in [-0.2, 0) is 30.9 Å². The molecule has 0 rings (SSSR count). The van der Waals surface area contributed by atoms with Gasteiger partial charge in [-0.2, -0.15) is 0 Å². The van der Waals surface area contributed by atoms with E-state index in [2.05, 4.69) is 0 Å². The van der Waals surface area contributed by atoms with Crippen LogP contribution in [0.5, 0.6) is 0 Å². The molecule has 0 aromatic heterocycles. The summed E-state index contributed by atoms with van der Waals surface area (Å²) in [5, 5.41) is 33.8. The van der Waals surface area contributed by atoms with Gasteiger partial charge >= 0.3 is 17.9 Å². The van der Waals surface area contributed by atoms with Crippen LogP contribution in [0.2, 0.25) is 0 Å². The van der Waals surface area contributed by atoms with E-state index in [-0.39, 0.29) is 32.9 Å². The quantitative estimate of drug-likeness (QED) is 0.370. The fraction of sp³-hybridized carbons (Fsp3) is 0.500. The molecule has 108 valence electrons. The zero-order chi connectivity index (χ0) is 10.6. The number of hydrogen-bond donors (Lipinski definition) is 4. The Labute approximate surface area is 105 Å². The monoisotopic (exact) mass is 304 g/mol. The predicted octanol–water partition coefficient (Wildman–Crippen LogP) is -3.73. The molecular formula is C6H14NiO10. The van der Waals surface area contributed by atoms with Crippen LogP contribution in [0, 0.1) is 0 Å². The molecule has 0 fully saturated rings. The Morgan fingerprint density at radius 3 is 1.18 bits per heavy atom. The first-order chi connectivity index (χ1) is 5.78. The Morgan fingerprint density at radius 2 is 1.06 bits per heavy atom. The summed E-state index contributed by atoms with van der Waals surface area (Å²) in [4.78, 5) is 30.5. The summed E-state index contributed by atoms with van der Waals surface area (Å²) < 4.78 is 0. The first-order valence-corrected chi connectivity index (χ1v) is 3.17. The van der Waals surface area contributed by atoms with E-state index in [9.17, 15) is 14.4 Å². The van der Waals surface area contributed by atoms with Crippen molar-refractivity contribution in [1.82, 2.24) is 0 Å². The summed E-state index contributed by atoms with van der Waals surface area (Å²) in [6.45, 7) is 0. The van der Waals surface area contributed by atoms with Crippen LogP contribution in [-0.4, -0.2) is 60.4 Å². The van der Waals surface area contributed by atoms with Gasteiger partial charge in [0.25, 0.3) is 0 Å². The van der Waals surface area contributed by atoms with Gasteiger partial charge in [-0.1, -0.05) is 0 Å².